The third-order valence-electron chi connectivity index (χ3n) is 8.36. The van der Waals surface area contributed by atoms with E-state index in [1.54, 1.807) is 7.11 Å². The minimum Gasteiger partial charge on any atom is -0.497 e. The van der Waals surface area contributed by atoms with E-state index in [0.29, 0.717) is 23.7 Å². The maximum Gasteiger partial charge on any atom is 0.119 e. The molecule has 5 atom stereocenters. The van der Waals surface area contributed by atoms with E-state index in [0.717, 1.165) is 22.8 Å². The lowest BCUT2D eigenvalue weighted by atomic mass is 9.44. The molecule has 2 aromatic carbocycles. The van der Waals surface area contributed by atoms with E-state index in [9.17, 15) is 5.11 Å². The summed E-state index contributed by atoms with van der Waals surface area (Å²) in [5, 5.41) is 12.3. The van der Waals surface area contributed by atoms with Gasteiger partial charge in [-0.2, -0.15) is 0 Å². The molecule has 28 heavy (non-hydrogen) atoms. The van der Waals surface area contributed by atoms with E-state index >= 15 is 0 Å². The Bertz CT molecular complexity index is 874. The topological polar surface area (TPSA) is 29.5 Å². The second kappa shape index (κ2) is 6.62. The highest BCUT2D eigenvalue weighted by Gasteiger charge is 2.63. The van der Waals surface area contributed by atoms with Gasteiger partial charge < -0.3 is 9.84 Å². The van der Waals surface area contributed by atoms with Crippen LogP contribution >= 0.6 is 0 Å². The monoisotopic (exact) mass is 376 g/mol. The minimum atomic E-state index is -0.803. The van der Waals surface area contributed by atoms with Gasteiger partial charge in [-0.1, -0.05) is 42.8 Å². The van der Waals surface area contributed by atoms with Crippen LogP contribution in [-0.2, 0) is 12.0 Å². The van der Waals surface area contributed by atoms with Crippen LogP contribution in [0.4, 0.5) is 0 Å². The molecule has 0 saturated heterocycles. The first-order valence-electron chi connectivity index (χ1n) is 11.0. The number of aliphatic hydroxyl groups is 1. The van der Waals surface area contributed by atoms with Gasteiger partial charge in [0.1, 0.15) is 5.75 Å². The van der Waals surface area contributed by atoms with Crippen molar-refractivity contribution in [1.82, 2.24) is 0 Å². The second-order valence-electron chi connectivity index (χ2n) is 9.73. The van der Waals surface area contributed by atoms with E-state index in [4.69, 9.17) is 4.74 Å². The molecule has 0 amide bonds. The Morgan fingerprint density at radius 1 is 1.07 bits per heavy atom. The van der Waals surface area contributed by atoms with Gasteiger partial charge in [0.2, 0.25) is 0 Å². The van der Waals surface area contributed by atoms with Crippen molar-refractivity contribution in [1.29, 1.82) is 0 Å². The highest BCUT2D eigenvalue weighted by Crippen LogP contribution is 2.70. The molecule has 5 rings (SSSR count). The lowest BCUT2D eigenvalue weighted by Gasteiger charge is -2.61. The summed E-state index contributed by atoms with van der Waals surface area (Å²) in [6.07, 6.45) is 8.76. The van der Waals surface area contributed by atoms with Gasteiger partial charge in [0.15, 0.2) is 0 Å². The highest BCUT2D eigenvalue weighted by atomic mass is 16.5. The molecule has 2 bridgehead atoms. The van der Waals surface area contributed by atoms with E-state index < -0.39 is 5.60 Å². The predicted molar refractivity (Wildman–Crippen MR) is 112 cm³/mol. The molecule has 3 aliphatic rings. The van der Waals surface area contributed by atoms with E-state index in [1.165, 1.54) is 44.1 Å². The summed E-state index contributed by atoms with van der Waals surface area (Å²) < 4.78 is 5.44. The van der Waals surface area contributed by atoms with Crippen LogP contribution in [0.3, 0.4) is 0 Å². The van der Waals surface area contributed by atoms with Crippen LogP contribution in [0.2, 0.25) is 0 Å². The van der Waals surface area contributed by atoms with Gasteiger partial charge in [-0.15, -0.1) is 0 Å². The number of fused-ring (bicyclic) bond motifs is 1. The Balaban J connectivity index is 1.53. The first-order valence-corrected chi connectivity index (χ1v) is 11.0. The number of methoxy groups -OCH3 is 1. The maximum absolute atomic E-state index is 12.3. The Kier molecular flexibility index (Phi) is 4.32. The molecule has 1 spiro atoms. The smallest absolute Gasteiger partial charge is 0.119 e. The Morgan fingerprint density at radius 3 is 2.75 bits per heavy atom. The van der Waals surface area contributed by atoms with E-state index in [1.807, 2.05) is 12.1 Å². The number of hydrogen-bond donors (Lipinski definition) is 1. The first-order chi connectivity index (χ1) is 13.5. The fourth-order valence-electron chi connectivity index (χ4n) is 7.04. The quantitative estimate of drug-likeness (QED) is 0.730. The molecular weight excluding hydrogens is 344 g/mol. The van der Waals surface area contributed by atoms with Crippen LogP contribution in [0.5, 0.6) is 5.75 Å². The van der Waals surface area contributed by atoms with Crippen LogP contribution in [0, 0.1) is 30.1 Å². The Labute approximate surface area is 168 Å². The van der Waals surface area contributed by atoms with Crippen molar-refractivity contribution in [2.75, 3.05) is 7.11 Å². The van der Waals surface area contributed by atoms with E-state index in [-0.39, 0.29) is 0 Å². The van der Waals surface area contributed by atoms with Crippen molar-refractivity contribution in [2.45, 2.75) is 57.5 Å². The molecule has 0 aromatic heterocycles. The third-order valence-corrected chi connectivity index (χ3v) is 8.36. The average molecular weight is 377 g/mol. The summed E-state index contributed by atoms with van der Waals surface area (Å²) in [6, 6.07) is 16.7. The number of aryl methyl sites for hydroxylation is 1. The normalized spacial score (nSPS) is 32.9. The number of ether oxygens (including phenoxy) is 1. The summed E-state index contributed by atoms with van der Waals surface area (Å²) in [4.78, 5) is 0. The van der Waals surface area contributed by atoms with Crippen LogP contribution in [0.25, 0.3) is 0 Å². The number of rotatable bonds is 5. The van der Waals surface area contributed by atoms with Crippen molar-refractivity contribution >= 4 is 0 Å². The minimum absolute atomic E-state index is 0.360. The van der Waals surface area contributed by atoms with Crippen LogP contribution in [0.1, 0.15) is 55.2 Å². The molecule has 0 heterocycles. The Morgan fingerprint density at radius 2 is 1.93 bits per heavy atom. The lowest BCUT2D eigenvalue weighted by Crippen LogP contribution is -2.57. The summed E-state index contributed by atoms with van der Waals surface area (Å²) >= 11 is 0. The third kappa shape index (κ3) is 2.72. The zero-order chi connectivity index (χ0) is 19.4. The molecule has 1 N–H and O–H groups in total. The molecule has 2 nitrogen and oxygen atoms in total. The molecule has 0 aliphatic heterocycles. The average Bonchev–Trinajstić information content (AvgIpc) is 3.08. The molecule has 2 heteroatoms. The highest BCUT2D eigenvalue weighted by molar-refractivity contribution is 5.37. The number of benzene rings is 2. The van der Waals surface area contributed by atoms with Crippen molar-refractivity contribution < 1.29 is 9.84 Å². The largest absolute Gasteiger partial charge is 0.497 e. The van der Waals surface area contributed by atoms with Crippen molar-refractivity contribution in [3.05, 3.63) is 65.2 Å². The van der Waals surface area contributed by atoms with Gasteiger partial charge in [-0.25, -0.2) is 0 Å². The molecule has 2 aromatic rings. The summed E-state index contributed by atoms with van der Waals surface area (Å²) in [7, 11) is 1.71. The van der Waals surface area contributed by atoms with Crippen LogP contribution < -0.4 is 4.74 Å². The second-order valence-corrected chi connectivity index (χ2v) is 9.73. The van der Waals surface area contributed by atoms with Crippen LogP contribution in [0.15, 0.2) is 48.5 Å². The molecule has 3 saturated carbocycles. The molecule has 3 fully saturated rings. The van der Waals surface area contributed by atoms with Gasteiger partial charge in [0.25, 0.3) is 0 Å². The summed E-state index contributed by atoms with van der Waals surface area (Å²) in [6.45, 7) is 2.15. The summed E-state index contributed by atoms with van der Waals surface area (Å²) in [5.41, 5.74) is 3.22. The van der Waals surface area contributed by atoms with Gasteiger partial charge in [-0.05, 0) is 91.0 Å². The predicted octanol–water partition coefficient (Wildman–Crippen LogP) is 5.65. The fraction of sp³-hybridized carbons (Fsp3) is 0.538. The fourth-order valence-corrected chi connectivity index (χ4v) is 7.04. The van der Waals surface area contributed by atoms with Gasteiger partial charge in [0.05, 0.1) is 12.7 Å². The van der Waals surface area contributed by atoms with Gasteiger partial charge in [-0.3, -0.25) is 0 Å². The maximum atomic E-state index is 12.3. The van der Waals surface area contributed by atoms with Gasteiger partial charge in [0, 0.05) is 6.42 Å². The van der Waals surface area contributed by atoms with Crippen molar-refractivity contribution in [3.63, 3.8) is 0 Å². The zero-order valence-electron chi connectivity index (χ0n) is 17.2. The van der Waals surface area contributed by atoms with Gasteiger partial charge >= 0.3 is 0 Å². The Hall–Kier alpha value is -1.80. The molecule has 148 valence electrons. The van der Waals surface area contributed by atoms with Crippen LogP contribution in [-0.4, -0.2) is 12.2 Å². The standard InChI is InChI=1S/C26H32O2/c1-18-6-3-4-9-22(18)26(27,16-20-7-5-8-21(14-20)28-2)24-17-25-13-12-19(15-25)10-11-23(24)25/h3-9,14,19,23-24,27H,10-13,15-17H2,1-2H3. The summed E-state index contributed by atoms with van der Waals surface area (Å²) in [5.74, 6) is 2.87. The van der Waals surface area contributed by atoms with Crippen molar-refractivity contribution in [2.24, 2.45) is 23.2 Å². The van der Waals surface area contributed by atoms with E-state index in [2.05, 4.69) is 43.3 Å². The molecule has 5 unspecified atom stereocenters. The zero-order valence-corrected chi connectivity index (χ0v) is 17.2. The molecule has 3 aliphatic carbocycles. The SMILES string of the molecule is COc1cccc(CC(O)(c2ccccc2C)C2CC34CCC(CCC23)C4)c1. The number of hydrogen-bond acceptors (Lipinski definition) is 2. The molecule has 0 radical (unpaired) electrons. The molecular formula is C26H32O2. The lowest BCUT2D eigenvalue weighted by molar-refractivity contribution is -0.174. The first kappa shape index (κ1) is 18.2. The van der Waals surface area contributed by atoms with Crippen molar-refractivity contribution in [3.8, 4) is 5.75 Å².